The lowest BCUT2D eigenvalue weighted by Crippen LogP contribution is -2.37. The van der Waals surface area contributed by atoms with Gasteiger partial charge in [-0.25, -0.2) is 4.79 Å². The molecule has 0 aromatic rings. The molecular formula is C22H47N3OS. The molecule has 0 aromatic heterocycles. The molecule has 0 saturated carbocycles. The third kappa shape index (κ3) is 20.1. The van der Waals surface area contributed by atoms with Gasteiger partial charge in [-0.05, 0) is 50.4 Å². The minimum atomic E-state index is -0.0153. The number of hydrogen-bond acceptors (Lipinski definition) is 3. The first-order valence-corrected chi connectivity index (χ1v) is 12.7. The number of carbonyl (C=O) groups excluding carboxylic acids is 1. The van der Waals surface area contributed by atoms with Gasteiger partial charge in [0.05, 0.1) is 0 Å². The molecule has 0 rings (SSSR count). The zero-order valence-electron chi connectivity index (χ0n) is 18.5. The van der Waals surface area contributed by atoms with Crippen LogP contribution in [0.3, 0.4) is 0 Å². The smallest absolute Gasteiger partial charge is 0.314 e. The van der Waals surface area contributed by atoms with Crippen LogP contribution < -0.4 is 10.6 Å². The predicted molar refractivity (Wildman–Crippen MR) is 123 cm³/mol. The number of rotatable bonds is 20. The van der Waals surface area contributed by atoms with Crippen molar-refractivity contribution in [3.63, 3.8) is 0 Å². The Morgan fingerprint density at radius 1 is 0.704 bits per heavy atom. The standard InChI is InChI=1S/C22H47N3OS/c1-4-7-8-9-10-11-12-13-14-20-27-21-16-18-24-22(26)23-17-15-19-25(5-2)6-3/h4-21H2,1-3H3,(H2,23,24,26). The highest BCUT2D eigenvalue weighted by Gasteiger charge is 2.01. The molecule has 0 fully saturated rings. The molecule has 0 heterocycles. The molecule has 0 spiro atoms. The van der Waals surface area contributed by atoms with Crippen molar-refractivity contribution in [2.24, 2.45) is 0 Å². The van der Waals surface area contributed by atoms with E-state index in [0.29, 0.717) is 0 Å². The van der Waals surface area contributed by atoms with E-state index in [9.17, 15) is 4.79 Å². The second-order valence-electron chi connectivity index (χ2n) is 7.36. The van der Waals surface area contributed by atoms with Crippen molar-refractivity contribution in [3.05, 3.63) is 0 Å². The van der Waals surface area contributed by atoms with E-state index >= 15 is 0 Å². The number of thioether (sulfide) groups is 1. The highest BCUT2D eigenvalue weighted by atomic mass is 32.2. The van der Waals surface area contributed by atoms with Gasteiger partial charge in [-0.2, -0.15) is 11.8 Å². The molecule has 4 nitrogen and oxygen atoms in total. The van der Waals surface area contributed by atoms with E-state index in [0.717, 1.165) is 51.3 Å². The second kappa shape index (κ2) is 21.9. The van der Waals surface area contributed by atoms with Gasteiger partial charge in [0.2, 0.25) is 0 Å². The van der Waals surface area contributed by atoms with Crippen LogP contribution in [-0.4, -0.2) is 55.2 Å². The number of nitrogens with one attached hydrogen (secondary N) is 2. The molecule has 27 heavy (non-hydrogen) atoms. The maximum Gasteiger partial charge on any atom is 0.314 e. The molecule has 162 valence electrons. The summed E-state index contributed by atoms with van der Waals surface area (Å²) in [7, 11) is 0. The summed E-state index contributed by atoms with van der Waals surface area (Å²) >= 11 is 2.03. The molecule has 5 heteroatoms. The third-order valence-corrected chi connectivity index (χ3v) is 6.13. The number of urea groups is 1. The zero-order valence-corrected chi connectivity index (χ0v) is 19.3. The van der Waals surface area contributed by atoms with E-state index in [1.54, 1.807) is 0 Å². The summed E-state index contributed by atoms with van der Waals surface area (Å²) in [5.74, 6) is 2.42. The summed E-state index contributed by atoms with van der Waals surface area (Å²) in [5.41, 5.74) is 0. The normalized spacial score (nSPS) is 11.1. The van der Waals surface area contributed by atoms with Gasteiger partial charge in [0.1, 0.15) is 0 Å². The van der Waals surface area contributed by atoms with Gasteiger partial charge in [0, 0.05) is 13.1 Å². The van der Waals surface area contributed by atoms with Crippen LogP contribution in [0.2, 0.25) is 0 Å². The first-order chi connectivity index (χ1) is 13.2. The summed E-state index contributed by atoms with van der Waals surface area (Å²) in [6.45, 7) is 11.4. The molecule has 0 saturated heterocycles. The van der Waals surface area contributed by atoms with Crippen LogP contribution in [0.25, 0.3) is 0 Å². The Hall–Kier alpha value is -0.420. The maximum atomic E-state index is 11.7. The van der Waals surface area contributed by atoms with E-state index in [1.807, 2.05) is 11.8 Å². The van der Waals surface area contributed by atoms with Crippen molar-refractivity contribution in [3.8, 4) is 0 Å². The van der Waals surface area contributed by atoms with E-state index in [2.05, 4.69) is 36.3 Å². The van der Waals surface area contributed by atoms with E-state index in [4.69, 9.17) is 0 Å². The minimum absolute atomic E-state index is 0.0153. The van der Waals surface area contributed by atoms with Gasteiger partial charge in [0.15, 0.2) is 0 Å². The zero-order chi connectivity index (χ0) is 20.0. The molecule has 2 amide bonds. The molecule has 0 radical (unpaired) electrons. The predicted octanol–water partition coefficient (Wildman–Crippen LogP) is 5.67. The van der Waals surface area contributed by atoms with E-state index in [1.165, 1.54) is 63.5 Å². The molecule has 0 unspecified atom stereocenters. The number of nitrogens with zero attached hydrogens (tertiary/aromatic N) is 1. The van der Waals surface area contributed by atoms with Gasteiger partial charge >= 0.3 is 6.03 Å². The van der Waals surface area contributed by atoms with Crippen LogP contribution in [0.4, 0.5) is 4.79 Å². The Balaban J connectivity index is 3.20. The van der Waals surface area contributed by atoms with Gasteiger partial charge < -0.3 is 15.5 Å². The molecular weight excluding hydrogens is 354 g/mol. The van der Waals surface area contributed by atoms with Crippen LogP contribution in [-0.2, 0) is 0 Å². The van der Waals surface area contributed by atoms with Crippen molar-refractivity contribution in [1.82, 2.24) is 15.5 Å². The number of amides is 2. The van der Waals surface area contributed by atoms with E-state index in [-0.39, 0.29) is 6.03 Å². The lowest BCUT2D eigenvalue weighted by atomic mass is 10.1. The minimum Gasteiger partial charge on any atom is -0.338 e. The van der Waals surface area contributed by atoms with Crippen LogP contribution in [0, 0.1) is 0 Å². The molecule has 0 aliphatic heterocycles. The Kier molecular flexibility index (Phi) is 21.5. The fourth-order valence-electron chi connectivity index (χ4n) is 3.10. The molecule has 0 atom stereocenters. The van der Waals surface area contributed by atoms with Crippen LogP contribution >= 0.6 is 11.8 Å². The molecule has 2 N–H and O–H groups in total. The Morgan fingerprint density at radius 2 is 1.22 bits per heavy atom. The Morgan fingerprint density at radius 3 is 1.81 bits per heavy atom. The molecule has 0 aromatic carbocycles. The third-order valence-electron chi connectivity index (χ3n) is 4.97. The quantitative estimate of drug-likeness (QED) is 0.258. The van der Waals surface area contributed by atoms with Crippen molar-refractivity contribution in [2.75, 3.05) is 44.2 Å². The van der Waals surface area contributed by atoms with Crippen molar-refractivity contribution in [1.29, 1.82) is 0 Å². The summed E-state index contributed by atoms with van der Waals surface area (Å²) in [6, 6.07) is -0.0153. The highest BCUT2D eigenvalue weighted by Crippen LogP contribution is 2.12. The van der Waals surface area contributed by atoms with Gasteiger partial charge in [0.25, 0.3) is 0 Å². The van der Waals surface area contributed by atoms with Crippen molar-refractivity contribution >= 4 is 17.8 Å². The summed E-state index contributed by atoms with van der Waals surface area (Å²) in [6.07, 6.45) is 14.7. The summed E-state index contributed by atoms with van der Waals surface area (Å²) in [4.78, 5) is 14.1. The largest absolute Gasteiger partial charge is 0.338 e. The molecule has 0 aliphatic rings. The highest BCUT2D eigenvalue weighted by molar-refractivity contribution is 7.99. The summed E-state index contributed by atoms with van der Waals surface area (Å²) < 4.78 is 0. The monoisotopic (exact) mass is 401 g/mol. The van der Waals surface area contributed by atoms with Gasteiger partial charge in [-0.1, -0.05) is 72.1 Å². The van der Waals surface area contributed by atoms with Gasteiger partial charge in [-0.15, -0.1) is 0 Å². The van der Waals surface area contributed by atoms with E-state index < -0.39 is 0 Å². The number of hydrogen-bond donors (Lipinski definition) is 2. The van der Waals surface area contributed by atoms with Crippen LogP contribution in [0.5, 0.6) is 0 Å². The average molecular weight is 402 g/mol. The topological polar surface area (TPSA) is 44.4 Å². The first kappa shape index (κ1) is 26.6. The van der Waals surface area contributed by atoms with Crippen molar-refractivity contribution in [2.45, 2.75) is 91.4 Å². The maximum absolute atomic E-state index is 11.7. The average Bonchev–Trinajstić information content (AvgIpc) is 2.68. The van der Waals surface area contributed by atoms with Gasteiger partial charge in [-0.3, -0.25) is 0 Å². The summed E-state index contributed by atoms with van der Waals surface area (Å²) in [5, 5.41) is 5.91. The Bertz CT molecular complexity index is 312. The fourth-order valence-corrected chi connectivity index (χ4v) is 4.06. The molecule has 0 bridgehead atoms. The lowest BCUT2D eigenvalue weighted by Gasteiger charge is -2.17. The lowest BCUT2D eigenvalue weighted by molar-refractivity contribution is 0.239. The number of carbonyl (C=O) groups is 1. The Labute approximate surface area is 174 Å². The number of unbranched alkanes of at least 4 members (excludes halogenated alkanes) is 8. The SMILES string of the molecule is CCCCCCCCCCCSCCCNC(=O)NCCCN(CC)CC. The van der Waals surface area contributed by atoms with Crippen LogP contribution in [0.15, 0.2) is 0 Å². The van der Waals surface area contributed by atoms with Crippen LogP contribution in [0.1, 0.15) is 91.4 Å². The van der Waals surface area contributed by atoms with Crippen molar-refractivity contribution < 1.29 is 4.79 Å². The first-order valence-electron chi connectivity index (χ1n) is 11.6. The fraction of sp³-hybridized carbons (Fsp3) is 0.955. The molecule has 0 aliphatic carbocycles. The second-order valence-corrected chi connectivity index (χ2v) is 8.58.